The summed E-state index contributed by atoms with van der Waals surface area (Å²) in [6.45, 7) is 5.11. The molecule has 0 bridgehead atoms. The summed E-state index contributed by atoms with van der Waals surface area (Å²) >= 11 is 0. The smallest absolute Gasteiger partial charge is 0.138 e. The van der Waals surface area contributed by atoms with Crippen LogP contribution in [0, 0.1) is 0 Å². The van der Waals surface area contributed by atoms with E-state index in [1.165, 1.54) is 23.6 Å². The average Bonchev–Trinajstić information content (AvgIpc) is 3.02. The molecular weight excluding hydrogens is 270 g/mol. The van der Waals surface area contributed by atoms with Gasteiger partial charge in [0.25, 0.3) is 0 Å². The summed E-state index contributed by atoms with van der Waals surface area (Å²) in [6, 6.07) is 14.6. The van der Waals surface area contributed by atoms with Crippen LogP contribution in [0.3, 0.4) is 0 Å². The van der Waals surface area contributed by atoms with Crippen molar-refractivity contribution < 1.29 is 9.22 Å². The molecular formula is C20H24NO+. The number of ether oxygens (including phenoxy) is 1. The van der Waals surface area contributed by atoms with Gasteiger partial charge in [-0.15, -0.1) is 0 Å². The van der Waals surface area contributed by atoms with Crippen LogP contribution in [0.25, 0.3) is 10.8 Å². The minimum atomic E-state index is 0.729. The van der Waals surface area contributed by atoms with Crippen molar-refractivity contribution in [3.05, 3.63) is 67.0 Å². The van der Waals surface area contributed by atoms with E-state index in [1.807, 2.05) is 0 Å². The highest BCUT2D eigenvalue weighted by molar-refractivity contribution is 5.88. The molecule has 0 saturated heterocycles. The second kappa shape index (κ2) is 6.80. The topological polar surface area (TPSA) is 9.23 Å². The number of nitrogens with zero attached hydrogens (tertiary/aromatic N) is 1. The van der Waals surface area contributed by atoms with E-state index in [4.69, 9.17) is 4.74 Å². The predicted molar refractivity (Wildman–Crippen MR) is 92.6 cm³/mol. The summed E-state index contributed by atoms with van der Waals surface area (Å²) in [5.41, 5.74) is 0. The van der Waals surface area contributed by atoms with Crippen molar-refractivity contribution in [3.63, 3.8) is 0 Å². The van der Waals surface area contributed by atoms with Gasteiger partial charge < -0.3 is 4.74 Å². The number of fused-ring (bicyclic) bond motifs is 1. The molecule has 0 N–H and O–H groups in total. The van der Waals surface area contributed by atoms with Gasteiger partial charge in [-0.05, 0) is 30.0 Å². The number of hydrogen-bond donors (Lipinski definition) is 0. The van der Waals surface area contributed by atoms with Crippen molar-refractivity contribution in [2.24, 2.45) is 0 Å². The van der Waals surface area contributed by atoms with Gasteiger partial charge in [-0.1, -0.05) is 49.7 Å². The lowest BCUT2D eigenvalue weighted by Gasteiger charge is -2.28. The van der Waals surface area contributed by atoms with E-state index in [2.05, 4.69) is 73.9 Å². The fourth-order valence-electron chi connectivity index (χ4n) is 3.00. The van der Waals surface area contributed by atoms with Crippen LogP contribution in [0.4, 0.5) is 0 Å². The minimum absolute atomic E-state index is 0.729. The molecule has 2 nitrogen and oxygen atoms in total. The normalized spacial score (nSPS) is 15.5. The molecule has 2 aromatic carbocycles. The number of allylic oxidation sites excluding steroid dienone is 2. The molecule has 114 valence electrons. The lowest BCUT2D eigenvalue weighted by molar-refractivity contribution is -0.826. The van der Waals surface area contributed by atoms with Crippen LogP contribution in [0.2, 0.25) is 0 Å². The SMILES string of the molecule is CCCC[N+]1(CCOc2cccc3ccccc23)C=CC=C1. The van der Waals surface area contributed by atoms with Gasteiger partial charge in [-0.3, -0.25) is 4.48 Å². The Hall–Kier alpha value is -2.06. The Morgan fingerprint density at radius 2 is 1.68 bits per heavy atom. The Morgan fingerprint density at radius 1 is 0.909 bits per heavy atom. The van der Waals surface area contributed by atoms with Gasteiger partial charge in [0.15, 0.2) is 0 Å². The third kappa shape index (κ3) is 3.23. The fourth-order valence-corrected chi connectivity index (χ4v) is 3.00. The molecule has 3 rings (SSSR count). The first-order chi connectivity index (χ1) is 10.8. The zero-order valence-corrected chi connectivity index (χ0v) is 13.2. The molecule has 22 heavy (non-hydrogen) atoms. The summed E-state index contributed by atoms with van der Waals surface area (Å²) in [4.78, 5) is 0. The van der Waals surface area contributed by atoms with Gasteiger partial charge in [0, 0.05) is 5.39 Å². The van der Waals surface area contributed by atoms with Gasteiger partial charge in [0.2, 0.25) is 0 Å². The summed E-state index contributed by atoms with van der Waals surface area (Å²) in [7, 11) is 0. The van der Waals surface area contributed by atoms with Crippen molar-refractivity contribution in [1.82, 2.24) is 0 Å². The molecule has 0 spiro atoms. The molecule has 2 aromatic rings. The van der Waals surface area contributed by atoms with Gasteiger partial charge in [-0.25, -0.2) is 0 Å². The highest BCUT2D eigenvalue weighted by atomic mass is 16.5. The van der Waals surface area contributed by atoms with Crippen LogP contribution < -0.4 is 4.74 Å². The predicted octanol–water partition coefficient (Wildman–Crippen LogP) is 4.88. The number of rotatable bonds is 7. The lowest BCUT2D eigenvalue weighted by Crippen LogP contribution is -2.40. The zero-order chi connectivity index (χ0) is 15.3. The fraction of sp³-hybridized carbons (Fsp3) is 0.300. The van der Waals surface area contributed by atoms with E-state index in [0.717, 1.165) is 29.9 Å². The molecule has 0 atom stereocenters. The molecule has 0 saturated carbocycles. The van der Waals surface area contributed by atoms with Crippen molar-refractivity contribution in [1.29, 1.82) is 0 Å². The van der Waals surface area contributed by atoms with Crippen molar-refractivity contribution in [2.75, 3.05) is 19.7 Å². The van der Waals surface area contributed by atoms with Crippen LogP contribution in [0.5, 0.6) is 5.75 Å². The second-order valence-corrected chi connectivity index (χ2v) is 5.91. The number of quaternary nitrogens is 1. The molecule has 0 fully saturated rings. The Morgan fingerprint density at radius 3 is 2.50 bits per heavy atom. The van der Waals surface area contributed by atoms with Crippen molar-refractivity contribution >= 4 is 10.8 Å². The minimum Gasteiger partial charge on any atom is -0.487 e. The van der Waals surface area contributed by atoms with Gasteiger partial charge in [-0.2, -0.15) is 0 Å². The Kier molecular flexibility index (Phi) is 4.59. The molecule has 0 amide bonds. The standard InChI is InChI=1S/C20H24NO/c1-2-3-13-21(14-6-7-15-21)16-17-22-20-12-8-10-18-9-4-5-11-19(18)20/h4-12,14-15H,2-3,13,16-17H2,1H3/q+1. The first-order valence-corrected chi connectivity index (χ1v) is 8.17. The summed E-state index contributed by atoms with van der Waals surface area (Å²) < 4.78 is 7.02. The maximum Gasteiger partial charge on any atom is 0.138 e. The summed E-state index contributed by atoms with van der Waals surface area (Å²) in [6.07, 6.45) is 11.3. The van der Waals surface area contributed by atoms with Crippen LogP contribution in [0.15, 0.2) is 67.0 Å². The van der Waals surface area contributed by atoms with Crippen LogP contribution >= 0.6 is 0 Å². The van der Waals surface area contributed by atoms with Crippen LogP contribution in [0.1, 0.15) is 19.8 Å². The van der Waals surface area contributed by atoms with Crippen LogP contribution in [-0.2, 0) is 0 Å². The highest BCUT2D eigenvalue weighted by Crippen LogP contribution is 2.25. The zero-order valence-electron chi connectivity index (χ0n) is 13.2. The maximum atomic E-state index is 6.10. The van der Waals surface area contributed by atoms with Crippen molar-refractivity contribution in [2.45, 2.75) is 19.8 Å². The first kappa shape index (κ1) is 14.9. The Bertz CT molecular complexity index is 670. The second-order valence-electron chi connectivity index (χ2n) is 5.91. The maximum absolute atomic E-state index is 6.10. The summed E-state index contributed by atoms with van der Waals surface area (Å²) in [5.74, 6) is 0.985. The average molecular weight is 294 g/mol. The molecule has 1 aliphatic heterocycles. The van der Waals surface area contributed by atoms with E-state index >= 15 is 0 Å². The molecule has 0 unspecified atom stereocenters. The van der Waals surface area contributed by atoms with Gasteiger partial charge in [0.05, 0.1) is 6.54 Å². The quantitative estimate of drug-likeness (QED) is 0.662. The van der Waals surface area contributed by atoms with E-state index in [-0.39, 0.29) is 0 Å². The first-order valence-electron chi connectivity index (χ1n) is 8.17. The summed E-state index contributed by atoms with van der Waals surface area (Å²) in [5, 5.41) is 2.42. The Balaban J connectivity index is 1.67. The molecule has 1 aliphatic rings. The largest absolute Gasteiger partial charge is 0.487 e. The lowest BCUT2D eigenvalue weighted by atomic mass is 10.1. The van der Waals surface area contributed by atoms with Crippen molar-refractivity contribution in [3.8, 4) is 5.75 Å². The highest BCUT2D eigenvalue weighted by Gasteiger charge is 2.23. The Labute approximate surface area is 132 Å². The van der Waals surface area contributed by atoms with Gasteiger partial charge >= 0.3 is 0 Å². The molecule has 0 aromatic heterocycles. The molecule has 0 radical (unpaired) electrons. The number of unbranched alkanes of at least 4 members (excludes halogenated alkanes) is 1. The molecule has 1 heterocycles. The number of benzene rings is 2. The third-order valence-electron chi connectivity index (χ3n) is 4.32. The number of hydrogen-bond acceptors (Lipinski definition) is 1. The van der Waals surface area contributed by atoms with E-state index in [9.17, 15) is 0 Å². The molecule has 2 heteroatoms. The molecule has 0 aliphatic carbocycles. The van der Waals surface area contributed by atoms with E-state index in [1.54, 1.807) is 0 Å². The van der Waals surface area contributed by atoms with E-state index in [0.29, 0.717) is 0 Å². The van der Waals surface area contributed by atoms with E-state index < -0.39 is 0 Å². The van der Waals surface area contributed by atoms with Crippen LogP contribution in [-0.4, -0.2) is 24.2 Å². The van der Waals surface area contributed by atoms with Gasteiger partial charge in [0.1, 0.15) is 31.3 Å². The monoisotopic (exact) mass is 294 g/mol. The third-order valence-corrected chi connectivity index (χ3v) is 4.32.